The van der Waals surface area contributed by atoms with Gasteiger partial charge < -0.3 is 10.6 Å². The summed E-state index contributed by atoms with van der Waals surface area (Å²) in [5.41, 5.74) is 10.4. The molecule has 0 spiro atoms. The van der Waals surface area contributed by atoms with E-state index < -0.39 is 0 Å². The number of nitrogens with zero attached hydrogens (tertiary/aromatic N) is 1. The van der Waals surface area contributed by atoms with Crippen molar-refractivity contribution in [3.63, 3.8) is 0 Å². The fraction of sp³-hybridized carbons (Fsp3) is 0.200. The average molecular weight is 293 g/mol. The molecule has 0 fully saturated rings. The van der Waals surface area contributed by atoms with Crippen molar-refractivity contribution in [1.29, 1.82) is 0 Å². The topological polar surface area (TPSA) is 29.3 Å². The van der Waals surface area contributed by atoms with E-state index in [0.717, 1.165) is 35.8 Å². The maximum Gasteiger partial charge on any atom is 0.0456 e. The van der Waals surface area contributed by atoms with Gasteiger partial charge in [0.15, 0.2) is 0 Å². The summed E-state index contributed by atoms with van der Waals surface area (Å²) >= 11 is 12.3. The molecular formula is C15H14Cl2N2. The number of halogens is 2. The molecular weight excluding hydrogens is 279 g/mol. The highest BCUT2D eigenvalue weighted by Gasteiger charge is 2.21. The van der Waals surface area contributed by atoms with Gasteiger partial charge in [0.25, 0.3) is 0 Å². The number of nitrogen functional groups attached to an aromatic ring is 1. The zero-order valence-corrected chi connectivity index (χ0v) is 11.9. The van der Waals surface area contributed by atoms with Crippen LogP contribution in [0.5, 0.6) is 0 Å². The lowest BCUT2D eigenvalue weighted by Crippen LogP contribution is -2.19. The number of anilines is 2. The van der Waals surface area contributed by atoms with Crippen LogP contribution in [0.2, 0.25) is 10.0 Å². The van der Waals surface area contributed by atoms with Gasteiger partial charge in [0.1, 0.15) is 0 Å². The van der Waals surface area contributed by atoms with Crippen molar-refractivity contribution in [2.24, 2.45) is 0 Å². The van der Waals surface area contributed by atoms with Gasteiger partial charge in [-0.05, 0) is 42.3 Å². The summed E-state index contributed by atoms with van der Waals surface area (Å²) in [6.45, 7) is 1.72. The summed E-state index contributed by atoms with van der Waals surface area (Å²) in [6, 6.07) is 11.6. The summed E-state index contributed by atoms with van der Waals surface area (Å²) in [4.78, 5) is 2.29. The molecule has 4 heteroatoms. The number of hydrogen-bond donors (Lipinski definition) is 1. The molecule has 0 bridgehead atoms. The van der Waals surface area contributed by atoms with Gasteiger partial charge in [-0.25, -0.2) is 0 Å². The molecule has 1 heterocycles. The minimum absolute atomic E-state index is 0.714. The molecule has 1 aliphatic rings. The van der Waals surface area contributed by atoms with Crippen LogP contribution in [0.25, 0.3) is 0 Å². The molecule has 0 aliphatic carbocycles. The Hall–Kier alpha value is -1.38. The first-order valence-corrected chi connectivity index (χ1v) is 6.97. The van der Waals surface area contributed by atoms with E-state index in [1.807, 2.05) is 30.3 Å². The van der Waals surface area contributed by atoms with Crippen molar-refractivity contribution < 1.29 is 0 Å². The molecule has 2 aromatic rings. The highest BCUT2D eigenvalue weighted by Crippen LogP contribution is 2.34. The highest BCUT2D eigenvalue weighted by molar-refractivity contribution is 6.33. The highest BCUT2D eigenvalue weighted by atomic mass is 35.5. The van der Waals surface area contributed by atoms with Gasteiger partial charge in [0.05, 0.1) is 0 Å². The zero-order valence-electron chi connectivity index (χ0n) is 10.4. The third-order valence-electron chi connectivity index (χ3n) is 3.53. The molecule has 0 atom stereocenters. The Balaban J connectivity index is 1.91. The number of benzene rings is 2. The third kappa shape index (κ3) is 2.38. The maximum absolute atomic E-state index is 6.22. The molecule has 1 aliphatic heterocycles. The standard InChI is InChI=1S/C15H14Cl2N2/c16-11-4-5-13(17)10(8-11)9-19-7-6-12-14(18)2-1-3-15(12)19/h1-5,8H,6-7,9,18H2. The minimum atomic E-state index is 0.714. The van der Waals surface area contributed by atoms with Crippen LogP contribution in [0.4, 0.5) is 11.4 Å². The first-order chi connectivity index (χ1) is 9.15. The van der Waals surface area contributed by atoms with Crippen LogP contribution in [0, 0.1) is 0 Å². The second-order valence-electron chi connectivity index (χ2n) is 4.75. The van der Waals surface area contributed by atoms with Gasteiger partial charge in [-0.2, -0.15) is 0 Å². The molecule has 2 nitrogen and oxygen atoms in total. The molecule has 2 N–H and O–H groups in total. The smallest absolute Gasteiger partial charge is 0.0456 e. The normalized spacial score (nSPS) is 13.7. The second-order valence-corrected chi connectivity index (χ2v) is 5.60. The molecule has 19 heavy (non-hydrogen) atoms. The van der Waals surface area contributed by atoms with Crippen molar-refractivity contribution >= 4 is 34.6 Å². The van der Waals surface area contributed by atoms with Gasteiger partial charge in [-0.3, -0.25) is 0 Å². The molecule has 3 rings (SSSR count). The first-order valence-electron chi connectivity index (χ1n) is 6.21. The SMILES string of the molecule is Nc1cccc2c1CCN2Cc1cc(Cl)ccc1Cl. The summed E-state index contributed by atoms with van der Waals surface area (Å²) in [6.07, 6.45) is 0.986. The molecule has 0 unspecified atom stereocenters. The predicted molar refractivity (Wildman–Crippen MR) is 82.1 cm³/mol. The van der Waals surface area contributed by atoms with Crippen molar-refractivity contribution in [2.45, 2.75) is 13.0 Å². The fourth-order valence-electron chi connectivity index (χ4n) is 2.56. The van der Waals surface area contributed by atoms with Gasteiger partial charge >= 0.3 is 0 Å². The van der Waals surface area contributed by atoms with Gasteiger partial charge in [0.2, 0.25) is 0 Å². The summed E-state index contributed by atoms with van der Waals surface area (Å²) < 4.78 is 0. The lowest BCUT2D eigenvalue weighted by Gasteiger charge is -2.20. The second kappa shape index (κ2) is 4.95. The molecule has 0 aromatic heterocycles. The predicted octanol–water partition coefficient (Wildman–Crippen LogP) is 4.14. The minimum Gasteiger partial charge on any atom is -0.398 e. The number of hydrogen-bond acceptors (Lipinski definition) is 2. The van der Waals surface area contributed by atoms with Crippen LogP contribution in [-0.4, -0.2) is 6.54 Å². The van der Waals surface area contributed by atoms with Gasteiger partial charge in [0, 0.05) is 40.1 Å². The van der Waals surface area contributed by atoms with Crippen molar-refractivity contribution in [1.82, 2.24) is 0 Å². The molecule has 0 radical (unpaired) electrons. The van der Waals surface area contributed by atoms with E-state index in [-0.39, 0.29) is 0 Å². The molecule has 0 amide bonds. The van der Waals surface area contributed by atoms with Crippen molar-refractivity contribution in [3.05, 3.63) is 57.6 Å². The zero-order chi connectivity index (χ0) is 13.4. The summed E-state index contributed by atoms with van der Waals surface area (Å²) in [7, 11) is 0. The largest absolute Gasteiger partial charge is 0.398 e. The van der Waals surface area contributed by atoms with Crippen LogP contribution >= 0.6 is 23.2 Å². The monoisotopic (exact) mass is 292 g/mol. The molecule has 0 saturated heterocycles. The Bertz CT molecular complexity index is 626. The van der Waals surface area contributed by atoms with Crippen LogP contribution in [0.15, 0.2) is 36.4 Å². The number of rotatable bonds is 2. The van der Waals surface area contributed by atoms with E-state index >= 15 is 0 Å². The Kier molecular flexibility index (Phi) is 3.29. The van der Waals surface area contributed by atoms with Crippen LogP contribution in [0.1, 0.15) is 11.1 Å². The summed E-state index contributed by atoms with van der Waals surface area (Å²) in [5.74, 6) is 0. The molecule has 0 saturated carbocycles. The lowest BCUT2D eigenvalue weighted by molar-refractivity contribution is 0.836. The Morgan fingerprint density at radius 1 is 1.16 bits per heavy atom. The third-order valence-corrected chi connectivity index (χ3v) is 4.13. The lowest BCUT2D eigenvalue weighted by atomic mass is 10.1. The van der Waals surface area contributed by atoms with E-state index in [4.69, 9.17) is 28.9 Å². The first kappa shape index (κ1) is 12.6. The Morgan fingerprint density at radius 2 is 2.00 bits per heavy atom. The molecule has 98 valence electrons. The quantitative estimate of drug-likeness (QED) is 0.843. The van der Waals surface area contributed by atoms with Crippen molar-refractivity contribution in [3.8, 4) is 0 Å². The average Bonchev–Trinajstić information content (AvgIpc) is 2.79. The van der Waals surface area contributed by atoms with E-state index in [1.165, 1.54) is 11.3 Å². The van der Waals surface area contributed by atoms with Crippen LogP contribution < -0.4 is 10.6 Å². The fourth-order valence-corrected chi connectivity index (χ4v) is 2.93. The maximum atomic E-state index is 6.22. The van der Waals surface area contributed by atoms with E-state index in [2.05, 4.69) is 11.0 Å². The van der Waals surface area contributed by atoms with E-state index in [0.29, 0.717) is 5.02 Å². The van der Waals surface area contributed by atoms with Gasteiger partial charge in [-0.15, -0.1) is 0 Å². The number of fused-ring (bicyclic) bond motifs is 1. The van der Waals surface area contributed by atoms with Crippen LogP contribution in [0.3, 0.4) is 0 Å². The van der Waals surface area contributed by atoms with E-state index in [1.54, 1.807) is 0 Å². The Labute approximate surface area is 122 Å². The number of nitrogens with two attached hydrogens (primary N) is 1. The van der Waals surface area contributed by atoms with E-state index in [9.17, 15) is 0 Å². The molecule has 2 aromatic carbocycles. The Morgan fingerprint density at radius 3 is 2.84 bits per heavy atom. The van der Waals surface area contributed by atoms with Crippen LogP contribution in [-0.2, 0) is 13.0 Å². The van der Waals surface area contributed by atoms with Gasteiger partial charge in [-0.1, -0.05) is 29.3 Å². The summed E-state index contributed by atoms with van der Waals surface area (Å²) in [5, 5.41) is 1.47. The van der Waals surface area contributed by atoms with Crippen molar-refractivity contribution in [2.75, 3.05) is 17.2 Å².